The highest BCUT2D eigenvalue weighted by atomic mass is 19.4. The quantitative estimate of drug-likeness (QED) is 0.518. The van der Waals surface area contributed by atoms with Gasteiger partial charge >= 0.3 is 6.18 Å². The van der Waals surface area contributed by atoms with Crippen LogP contribution >= 0.6 is 0 Å². The van der Waals surface area contributed by atoms with Crippen LogP contribution in [-0.4, -0.2) is 44.4 Å². The van der Waals surface area contributed by atoms with Crippen LogP contribution in [0.3, 0.4) is 0 Å². The minimum Gasteiger partial charge on any atom is -0.470 e. The van der Waals surface area contributed by atoms with Gasteiger partial charge in [0, 0.05) is 25.1 Å². The van der Waals surface area contributed by atoms with E-state index in [-0.39, 0.29) is 22.9 Å². The standard InChI is InChI=1S/C23H17F5N4O2/c24-15-4-1-3-14(19(15)20-29-5-2-6-30-20)22(33)32-11-12-7-17(32)18(8-12)34-21-16(25)9-13(10-31-21)23(26,27)28/h1-6,9-10,12,17-18H,7-8,11H2/t12-,17+,18-/m1/s1. The van der Waals surface area contributed by atoms with Crippen LogP contribution in [0.1, 0.15) is 28.8 Å². The molecule has 1 aromatic carbocycles. The minimum absolute atomic E-state index is 0.0243. The number of alkyl halides is 3. The number of rotatable bonds is 4. The molecule has 1 saturated heterocycles. The first-order valence-electron chi connectivity index (χ1n) is 10.5. The van der Waals surface area contributed by atoms with Crippen LogP contribution in [-0.2, 0) is 6.18 Å². The second-order valence-electron chi connectivity index (χ2n) is 8.26. The number of hydrogen-bond acceptors (Lipinski definition) is 5. The third kappa shape index (κ3) is 3.95. The molecule has 3 aromatic rings. The lowest BCUT2D eigenvalue weighted by Crippen LogP contribution is -2.47. The molecule has 1 aliphatic carbocycles. The number of benzene rings is 1. The van der Waals surface area contributed by atoms with Crippen LogP contribution in [0, 0.1) is 17.6 Å². The molecule has 1 saturated carbocycles. The van der Waals surface area contributed by atoms with Crippen LogP contribution in [0.15, 0.2) is 48.9 Å². The maximum absolute atomic E-state index is 14.7. The number of likely N-dealkylation sites (tertiary alicyclic amines) is 1. The van der Waals surface area contributed by atoms with Crippen molar-refractivity contribution in [2.24, 2.45) is 5.92 Å². The summed E-state index contributed by atoms with van der Waals surface area (Å²) in [7, 11) is 0. The van der Waals surface area contributed by atoms with Crippen LogP contribution in [0.5, 0.6) is 5.88 Å². The van der Waals surface area contributed by atoms with E-state index in [2.05, 4.69) is 15.0 Å². The number of ether oxygens (including phenoxy) is 1. The van der Waals surface area contributed by atoms with Crippen molar-refractivity contribution in [3.05, 3.63) is 71.7 Å². The van der Waals surface area contributed by atoms with Gasteiger partial charge in [-0.1, -0.05) is 6.07 Å². The topological polar surface area (TPSA) is 68.2 Å². The SMILES string of the molecule is O=C(c1cccc(F)c1-c1ncccn1)N1C[C@H]2C[C@@H](Oc3ncc(C(F)(F)F)cc3F)[C@@H]1C2. The Labute approximate surface area is 190 Å². The van der Waals surface area contributed by atoms with Gasteiger partial charge in [-0.25, -0.2) is 23.7 Å². The van der Waals surface area contributed by atoms with Gasteiger partial charge in [-0.3, -0.25) is 4.79 Å². The number of piperidine rings is 1. The summed E-state index contributed by atoms with van der Waals surface area (Å²) >= 11 is 0. The van der Waals surface area contributed by atoms with Crippen molar-refractivity contribution in [2.45, 2.75) is 31.2 Å². The van der Waals surface area contributed by atoms with Crippen molar-refractivity contribution in [1.82, 2.24) is 19.9 Å². The second-order valence-corrected chi connectivity index (χ2v) is 8.26. The van der Waals surface area contributed by atoms with Gasteiger partial charge in [-0.15, -0.1) is 0 Å². The molecule has 0 N–H and O–H groups in total. The van der Waals surface area contributed by atoms with E-state index in [1.54, 1.807) is 6.07 Å². The molecule has 1 aliphatic heterocycles. The third-order valence-electron chi connectivity index (χ3n) is 6.12. The first kappa shape index (κ1) is 22.2. The van der Waals surface area contributed by atoms with Gasteiger partial charge in [0.1, 0.15) is 11.9 Å². The molecule has 2 aliphatic rings. The molecule has 3 heterocycles. The minimum atomic E-state index is -4.73. The van der Waals surface area contributed by atoms with E-state index < -0.39 is 47.3 Å². The van der Waals surface area contributed by atoms with Gasteiger partial charge < -0.3 is 9.64 Å². The monoisotopic (exact) mass is 476 g/mol. The highest BCUT2D eigenvalue weighted by Crippen LogP contribution is 2.41. The molecule has 2 aromatic heterocycles. The Bertz CT molecular complexity index is 1240. The molecule has 1 amide bonds. The summed E-state index contributed by atoms with van der Waals surface area (Å²) < 4.78 is 72.9. The number of fused-ring (bicyclic) bond motifs is 2. The molecule has 2 bridgehead atoms. The second kappa shape index (κ2) is 8.30. The van der Waals surface area contributed by atoms with Crippen LogP contribution < -0.4 is 4.74 Å². The van der Waals surface area contributed by atoms with E-state index in [9.17, 15) is 26.7 Å². The molecule has 11 heteroatoms. The zero-order valence-electron chi connectivity index (χ0n) is 17.5. The smallest absolute Gasteiger partial charge is 0.417 e. The Balaban J connectivity index is 1.40. The van der Waals surface area contributed by atoms with E-state index in [1.165, 1.54) is 35.5 Å². The van der Waals surface area contributed by atoms with Crippen LogP contribution in [0.25, 0.3) is 11.4 Å². The number of pyridine rings is 1. The van der Waals surface area contributed by atoms with Crippen LogP contribution in [0.2, 0.25) is 0 Å². The highest BCUT2D eigenvalue weighted by Gasteiger charge is 2.49. The lowest BCUT2D eigenvalue weighted by Gasteiger charge is -2.33. The fraction of sp³-hybridized carbons (Fsp3) is 0.304. The number of aromatic nitrogens is 3. The number of nitrogens with zero attached hydrogens (tertiary/aromatic N) is 4. The Morgan fingerprint density at radius 3 is 2.47 bits per heavy atom. The molecular formula is C23H17F5N4O2. The molecule has 0 radical (unpaired) electrons. The number of carbonyl (C=O) groups excluding carboxylic acids is 1. The van der Waals surface area contributed by atoms with Gasteiger partial charge in [0.2, 0.25) is 0 Å². The normalized spacial score (nSPS) is 21.7. The molecule has 3 atom stereocenters. The van der Waals surface area contributed by atoms with Crippen molar-refractivity contribution in [3.63, 3.8) is 0 Å². The molecule has 6 nitrogen and oxygen atoms in total. The molecule has 0 spiro atoms. The summed E-state index contributed by atoms with van der Waals surface area (Å²) in [5.74, 6) is -2.77. The van der Waals surface area contributed by atoms with E-state index in [0.717, 1.165) is 0 Å². The summed E-state index contributed by atoms with van der Waals surface area (Å²) in [6.07, 6.45) is -0.932. The maximum Gasteiger partial charge on any atom is 0.417 e. The lowest BCUT2D eigenvalue weighted by atomic mass is 10.0. The molecule has 176 valence electrons. The van der Waals surface area contributed by atoms with Gasteiger partial charge in [0.25, 0.3) is 11.8 Å². The molecule has 2 fully saturated rings. The predicted octanol–water partition coefficient (Wildman–Crippen LogP) is 4.52. The summed E-state index contributed by atoms with van der Waals surface area (Å²) in [5, 5.41) is 0. The largest absolute Gasteiger partial charge is 0.470 e. The van der Waals surface area contributed by atoms with E-state index in [1.807, 2.05) is 0 Å². The summed E-state index contributed by atoms with van der Waals surface area (Å²) in [4.78, 5) is 26.6. The van der Waals surface area contributed by atoms with Crippen molar-refractivity contribution in [2.75, 3.05) is 6.54 Å². The Kier molecular flexibility index (Phi) is 5.41. The highest BCUT2D eigenvalue weighted by molar-refractivity contribution is 6.00. The predicted molar refractivity (Wildman–Crippen MR) is 109 cm³/mol. The zero-order valence-corrected chi connectivity index (χ0v) is 17.5. The van der Waals surface area contributed by atoms with Gasteiger partial charge in [0.15, 0.2) is 11.6 Å². The van der Waals surface area contributed by atoms with Crippen molar-refractivity contribution >= 4 is 5.91 Å². The van der Waals surface area contributed by atoms with Gasteiger partial charge in [-0.05, 0) is 43.0 Å². The van der Waals surface area contributed by atoms with Crippen molar-refractivity contribution < 1.29 is 31.5 Å². The fourth-order valence-corrected chi connectivity index (χ4v) is 4.65. The van der Waals surface area contributed by atoms with Gasteiger partial charge in [0.05, 0.1) is 22.7 Å². The Hall–Kier alpha value is -3.63. The average Bonchev–Trinajstić information content (AvgIpc) is 3.40. The Morgan fingerprint density at radius 2 is 1.79 bits per heavy atom. The van der Waals surface area contributed by atoms with E-state index in [4.69, 9.17) is 4.74 Å². The summed E-state index contributed by atoms with van der Waals surface area (Å²) in [6.45, 7) is 0.401. The summed E-state index contributed by atoms with van der Waals surface area (Å²) in [6, 6.07) is 5.55. The molecular weight excluding hydrogens is 459 g/mol. The first-order valence-corrected chi connectivity index (χ1v) is 10.5. The first-order chi connectivity index (χ1) is 16.2. The van der Waals surface area contributed by atoms with E-state index in [0.29, 0.717) is 31.6 Å². The van der Waals surface area contributed by atoms with Crippen LogP contribution in [0.4, 0.5) is 22.0 Å². The zero-order chi connectivity index (χ0) is 24.0. The molecule has 0 unspecified atom stereocenters. The molecule has 5 rings (SSSR count). The van der Waals surface area contributed by atoms with Crippen molar-refractivity contribution in [3.8, 4) is 17.3 Å². The van der Waals surface area contributed by atoms with Crippen molar-refractivity contribution in [1.29, 1.82) is 0 Å². The molecule has 34 heavy (non-hydrogen) atoms. The van der Waals surface area contributed by atoms with Gasteiger partial charge in [-0.2, -0.15) is 13.2 Å². The number of hydrogen-bond donors (Lipinski definition) is 0. The van der Waals surface area contributed by atoms with E-state index >= 15 is 0 Å². The Morgan fingerprint density at radius 1 is 1.03 bits per heavy atom. The lowest BCUT2D eigenvalue weighted by molar-refractivity contribution is -0.138. The number of halogens is 5. The summed E-state index contributed by atoms with van der Waals surface area (Å²) in [5.41, 5.74) is -1.16. The fourth-order valence-electron chi connectivity index (χ4n) is 4.65. The average molecular weight is 476 g/mol. The maximum atomic E-state index is 14.7. The number of carbonyl (C=O) groups is 1. The third-order valence-corrected chi connectivity index (χ3v) is 6.12. The number of amides is 1.